The minimum Gasteiger partial charge on any atom is -0.283 e. The summed E-state index contributed by atoms with van der Waals surface area (Å²) in [7, 11) is 0. The first kappa shape index (κ1) is 8.84. The molecule has 5 nitrogen and oxygen atoms in total. The fourth-order valence-corrected chi connectivity index (χ4v) is 2.03. The molecule has 1 aromatic heterocycles. The van der Waals surface area contributed by atoms with E-state index in [0.717, 1.165) is 0 Å². The molecule has 0 saturated heterocycles. The summed E-state index contributed by atoms with van der Waals surface area (Å²) < 4.78 is 1.43. The number of hydrogen-bond acceptors (Lipinski definition) is 3. The summed E-state index contributed by atoms with van der Waals surface area (Å²) in [5.74, 6) is -0.210. The van der Waals surface area contributed by atoms with Crippen molar-refractivity contribution in [3.63, 3.8) is 0 Å². The number of aromatic nitrogens is 1. The van der Waals surface area contributed by atoms with Crippen molar-refractivity contribution >= 4 is 11.6 Å². The number of hydrogen-bond donors (Lipinski definition) is 0. The zero-order chi connectivity index (χ0) is 11.3. The summed E-state index contributed by atoms with van der Waals surface area (Å²) in [5, 5.41) is 10.9. The molecule has 78 valence electrons. The van der Waals surface area contributed by atoms with Crippen LogP contribution in [-0.4, -0.2) is 15.4 Å². The predicted molar refractivity (Wildman–Crippen MR) is 56.3 cm³/mol. The van der Waals surface area contributed by atoms with Gasteiger partial charge in [0, 0.05) is 12.3 Å². The first-order chi connectivity index (χ1) is 7.70. The van der Waals surface area contributed by atoms with Crippen LogP contribution in [0.4, 0.5) is 5.69 Å². The van der Waals surface area contributed by atoms with Crippen LogP contribution in [0.3, 0.4) is 0 Å². The summed E-state index contributed by atoms with van der Waals surface area (Å²) in [4.78, 5) is 22.3. The topological polar surface area (TPSA) is 65.1 Å². The minimum absolute atomic E-state index is 0.0247. The van der Waals surface area contributed by atoms with Crippen molar-refractivity contribution in [3.8, 4) is 11.3 Å². The summed E-state index contributed by atoms with van der Waals surface area (Å²) in [6.45, 7) is 0. The van der Waals surface area contributed by atoms with E-state index in [2.05, 4.69) is 0 Å². The number of carbonyl (C=O) groups excluding carboxylic acids is 1. The van der Waals surface area contributed by atoms with E-state index >= 15 is 0 Å². The summed E-state index contributed by atoms with van der Waals surface area (Å²) in [6.07, 6.45) is 1.61. The van der Waals surface area contributed by atoms with E-state index < -0.39 is 4.92 Å². The highest BCUT2D eigenvalue weighted by atomic mass is 16.6. The largest absolute Gasteiger partial charge is 0.283 e. The Hall–Kier alpha value is -2.43. The maximum Gasteiger partial charge on any atom is 0.279 e. The van der Waals surface area contributed by atoms with Crippen LogP contribution in [0.1, 0.15) is 10.4 Å². The van der Waals surface area contributed by atoms with Crippen LogP contribution < -0.4 is 0 Å². The molecule has 2 heterocycles. The maximum absolute atomic E-state index is 11.9. The number of benzene rings is 1. The molecule has 5 heteroatoms. The van der Waals surface area contributed by atoms with Crippen LogP contribution >= 0.6 is 0 Å². The SMILES string of the molecule is O=C1c2cccc([N+](=O)[O-])c2-c2cccn21. The van der Waals surface area contributed by atoms with Crippen LogP contribution in [0.15, 0.2) is 36.5 Å². The molecule has 0 atom stereocenters. The second-order valence-electron chi connectivity index (χ2n) is 3.53. The molecule has 16 heavy (non-hydrogen) atoms. The Morgan fingerprint density at radius 2 is 2.00 bits per heavy atom. The lowest BCUT2D eigenvalue weighted by Gasteiger charge is -1.97. The number of fused-ring (bicyclic) bond motifs is 3. The second-order valence-corrected chi connectivity index (χ2v) is 3.53. The fraction of sp³-hybridized carbons (Fsp3) is 0. The van der Waals surface area contributed by atoms with Crippen molar-refractivity contribution in [2.24, 2.45) is 0 Å². The van der Waals surface area contributed by atoms with Crippen molar-refractivity contribution in [1.82, 2.24) is 4.57 Å². The molecule has 3 rings (SSSR count). The molecule has 0 unspecified atom stereocenters. The molecule has 0 saturated carbocycles. The fourth-order valence-electron chi connectivity index (χ4n) is 2.03. The molecule has 0 bridgehead atoms. The van der Waals surface area contributed by atoms with E-state index in [1.54, 1.807) is 24.4 Å². The van der Waals surface area contributed by atoms with Gasteiger partial charge >= 0.3 is 0 Å². The van der Waals surface area contributed by atoms with E-state index in [-0.39, 0.29) is 11.6 Å². The van der Waals surface area contributed by atoms with Gasteiger partial charge in [0.2, 0.25) is 0 Å². The van der Waals surface area contributed by atoms with Crippen LogP contribution in [-0.2, 0) is 0 Å². The Labute approximate surface area is 90.1 Å². The van der Waals surface area contributed by atoms with Gasteiger partial charge in [-0.25, -0.2) is 0 Å². The van der Waals surface area contributed by atoms with Gasteiger partial charge in [-0.1, -0.05) is 6.07 Å². The number of nitro benzene ring substituents is 1. The van der Waals surface area contributed by atoms with E-state index in [4.69, 9.17) is 0 Å². The van der Waals surface area contributed by atoms with Crippen LogP contribution in [0.25, 0.3) is 11.3 Å². The van der Waals surface area contributed by atoms with Crippen molar-refractivity contribution in [2.45, 2.75) is 0 Å². The highest BCUT2D eigenvalue weighted by Gasteiger charge is 2.32. The van der Waals surface area contributed by atoms with Gasteiger partial charge < -0.3 is 0 Å². The van der Waals surface area contributed by atoms with Gasteiger partial charge in [0.05, 0.1) is 21.7 Å². The Balaban J connectivity index is 2.42. The maximum atomic E-state index is 11.9. The Morgan fingerprint density at radius 1 is 1.19 bits per heavy atom. The predicted octanol–water partition coefficient (Wildman–Crippen LogP) is 2.07. The lowest BCUT2D eigenvalue weighted by molar-refractivity contribution is -0.384. The van der Waals surface area contributed by atoms with Gasteiger partial charge in [-0.05, 0) is 18.2 Å². The molecule has 0 spiro atoms. The first-order valence-electron chi connectivity index (χ1n) is 4.70. The molecule has 1 aromatic carbocycles. The minimum atomic E-state index is -0.464. The van der Waals surface area contributed by atoms with Crippen molar-refractivity contribution in [1.29, 1.82) is 0 Å². The first-order valence-corrected chi connectivity index (χ1v) is 4.70. The van der Waals surface area contributed by atoms with Gasteiger partial charge in [-0.15, -0.1) is 0 Å². The molecule has 1 aliphatic heterocycles. The molecule has 0 aliphatic carbocycles. The molecule has 0 N–H and O–H groups in total. The Morgan fingerprint density at radius 3 is 2.75 bits per heavy atom. The van der Waals surface area contributed by atoms with Crippen LogP contribution in [0.2, 0.25) is 0 Å². The van der Waals surface area contributed by atoms with Crippen molar-refractivity contribution < 1.29 is 9.72 Å². The highest BCUT2D eigenvalue weighted by molar-refractivity contribution is 6.10. The Bertz CT molecular complexity index is 628. The monoisotopic (exact) mass is 214 g/mol. The molecular formula is C11H6N2O3. The third-order valence-electron chi connectivity index (χ3n) is 2.69. The zero-order valence-corrected chi connectivity index (χ0v) is 8.08. The normalized spacial score (nSPS) is 12.4. The smallest absolute Gasteiger partial charge is 0.279 e. The quantitative estimate of drug-likeness (QED) is 0.460. The van der Waals surface area contributed by atoms with Crippen LogP contribution in [0.5, 0.6) is 0 Å². The summed E-state index contributed by atoms with van der Waals surface area (Å²) >= 11 is 0. The van der Waals surface area contributed by atoms with Crippen LogP contribution in [0, 0.1) is 10.1 Å². The number of rotatable bonds is 1. The van der Waals surface area contributed by atoms with E-state index in [1.165, 1.54) is 16.7 Å². The van der Waals surface area contributed by atoms with E-state index in [9.17, 15) is 14.9 Å². The van der Waals surface area contributed by atoms with Gasteiger partial charge in [-0.3, -0.25) is 19.5 Å². The second kappa shape index (κ2) is 2.79. The molecule has 1 aliphatic rings. The average Bonchev–Trinajstić information content (AvgIpc) is 2.83. The third kappa shape index (κ3) is 0.916. The molecule has 0 fully saturated rings. The molecule has 2 aromatic rings. The Kier molecular flexibility index (Phi) is 1.54. The van der Waals surface area contributed by atoms with E-state index in [1.807, 2.05) is 0 Å². The lowest BCUT2D eigenvalue weighted by atomic mass is 10.1. The molecular weight excluding hydrogens is 208 g/mol. The number of nitro groups is 1. The highest BCUT2D eigenvalue weighted by Crippen LogP contribution is 2.38. The third-order valence-corrected chi connectivity index (χ3v) is 2.69. The molecule has 0 amide bonds. The summed E-state index contributed by atoms with van der Waals surface area (Å²) in [6, 6.07) is 7.96. The van der Waals surface area contributed by atoms with Crippen molar-refractivity contribution in [3.05, 3.63) is 52.2 Å². The zero-order valence-electron chi connectivity index (χ0n) is 8.08. The number of carbonyl (C=O) groups is 1. The van der Waals surface area contributed by atoms with Gasteiger partial charge in [0.15, 0.2) is 0 Å². The van der Waals surface area contributed by atoms with Gasteiger partial charge in [0.1, 0.15) is 0 Å². The average molecular weight is 214 g/mol. The van der Waals surface area contributed by atoms with E-state index in [0.29, 0.717) is 16.8 Å². The van der Waals surface area contributed by atoms with Gasteiger partial charge in [0.25, 0.3) is 11.6 Å². The van der Waals surface area contributed by atoms with Crippen molar-refractivity contribution in [2.75, 3.05) is 0 Å². The standard InChI is InChI=1S/C11H6N2O3/c14-11-7-3-1-4-9(13(15)16)10(7)8-5-2-6-12(8)11/h1-6H. The lowest BCUT2D eigenvalue weighted by Crippen LogP contribution is -2.03. The number of nitrogens with zero attached hydrogens (tertiary/aromatic N) is 2. The molecule has 0 radical (unpaired) electrons. The summed E-state index contributed by atoms with van der Waals surface area (Å²) in [5.41, 5.74) is 1.38. The van der Waals surface area contributed by atoms with Gasteiger partial charge in [-0.2, -0.15) is 0 Å².